The molecule has 0 spiro atoms. The summed E-state index contributed by atoms with van der Waals surface area (Å²) in [5, 5.41) is -0.108. The van der Waals surface area contributed by atoms with Crippen molar-refractivity contribution in [3.63, 3.8) is 0 Å². The van der Waals surface area contributed by atoms with E-state index < -0.39 is 62.9 Å². The lowest BCUT2D eigenvalue weighted by atomic mass is 9.98. The molecule has 1 rings (SSSR count). The molecule has 0 aliphatic carbocycles. The minimum Gasteiger partial charge on any atom is -0.456 e. The van der Waals surface area contributed by atoms with Crippen molar-refractivity contribution in [1.82, 2.24) is 0 Å². The van der Waals surface area contributed by atoms with E-state index in [0.717, 1.165) is 20.8 Å². The van der Waals surface area contributed by atoms with Crippen molar-refractivity contribution < 1.29 is 47.3 Å². The highest BCUT2D eigenvalue weighted by atomic mass is 28.4. The van der Waals surface area contributed by atoms with E-state index in [0.29, 0.717) is 0 Å². The van der Waals surface area contributed by atoms with Crippen molar-refractivity contribution in [2.75, 3.05) is 6.61 Å². The average molecular weight is 463 g/mol. The summed E-state index contributed by atoms with van der Waals surface area (Å²) in [7, 11) is -2.23. The van der Waals surface area contributed by atoms with Gasteiger partial charge in [0.1, 0.15) is 6.10 Å². The first-order valence-corrected chi connectivity index (χ1v) is 12.9. The Morgan fingerprint density at radius 2 is 1.16 bits per heavy atom. The van der Waals surface area contributed by atoms with Crippen LogP contribution in [0.5, 0.6) is 0 Å². The van der Waals surface area contributed by atoms with Gasteiger partial charge in [0.15, 0.2) is 20.5 Å². The number of carbonyl (C=O) groups is 4. The molecule has 10 nitrogen and oxygen atoms in total. The van der Waals surface area contributed by atoms with Crippen molar-refractivity contribution in [3.05, 3.63) is 0 Å². The molecule has 0 bridgehead atoms. The second-order valence-corrected chi connectivity index (χ2v) is 13.8. The van der Waals surface area contributed by atoms with Crippen molar-refractivity contribution in [2.24, 2.45) is 0 Å². The van der Waals surface area contributed by atoms with Gasteiger partial charge in [-0.2, -0.15) is 0 Å². The summed E-state index contributed by atoms with van der Waals surface area (Å²) in [5.74, 6) is -2.78. The minimum absolute atomic E-state index is 0.0171. The van der Waals surface area contributed by atoms with Crippen LogP contribution >= 0.6 is 0 Å². The monoisotopic (exact) mass is 462 g/mol. The summed E-state index contributed by atoms with van der Waals surface area (Å²) in [6.45, 7) is 14.9. The number of hydrogen-bond donors (Lipinski definition) is 0. The van der Waals surface area contributed by atoms with E-state index in [9.17, 15) is 19.2 Å². The number of carbonyl (C=O) groups excluding carboxylic acids is 4. The molecule has 0 radical (unpaired) electrons. The second kappa shape index (κ2) is 10.6. The maximum atomic E-state index is 11.8. The van der Waals surface area contributed by atoms with E-state index in [1.54, 1.807) is 0 Å². The van der Waals surface area contributed by atoms with Gasteiger partial charge in [0, 0.05) is 27.7 Å². The predicted octanol–water partition coefficient (Wildman–Crippen LogP) is 2.09. The number of rotatable bonds is 7. The molecule has 5 atom stereocenters. The Morgan fingerprint density at radius 3 is 1.58 bits per heavy atom. The Morgan fingerprint density at radius 1 is 0.742 bits per heavy atom. The van der Waals surface area contributed by atoms with Crippen LogP contribution in [0, 0.1) is 0 Å². The van der Waals surface area contributed by atoms with Gasteiger partial charge in [0.2, 0.25) is 12.4 Å². The molecule has 1 saturated heterocycles. The van der Waals surface area contributed by atoms with Gasteiger partial charge >= 0.3 is 23.9 Å². The molecule has 11 heteroatoms. The molecule has 1 aliphatic heterocycles. The van der Waals surface area contributed by atoms with E-state index in [4.69, 9.17) is 28.1 Å². The molecule has 2 unspecified atom stereocenters. The molecular weight excluding hydrogens is 428 g/mol. The maximum absolute atomic E-state index is 11.8. The Kier molecular flexibility index (Phi) is 9.21. The molecule has 0 aromatic heterocycles. The first-order valence-electron chi connectivity index (χ1n) is 10.0. The van der Waals surface area contributed by atoms with Crippen molar-refractivity contribution >= 4 is 32.2 Å². The fourth-order valence-electron chi connectivity index (χ4n) is 2.75. The van der Waals surface area contributed by atoms with Gasteiger partial charge in [-0.15, -0.1) is 0 Å². The molecule has 0 amide bonds. The normalized spacial score (nSPS) is 26.5. The summed E-state index contributed by atoms with van der Waals surface area (Å²) in [6, 6.07) is 0. The third-order valence-electron chi connectivity index (χ3n) is 5.19. The van der Waals surface area contributed by atoms with E-state index in [2.05, 4.69) is 20.8 Å². The van der Waals surface area contributed by atoms with Gasteiger partial charge in [-0.25, -0.2) is 0 Å². The van der Waals surface area contributed by atoms with Crippen LogP contribution in [0.4, 0.5) is 0 Å². The first kappa shape index (κ1) is 27.1. The molecule has 31 heavy (non-hydrogen) atoms. The fourth-order valence-corrected chi connectivity index (χ4v) is 3.77. The highest BCUT2D eigenvalue weighted by molar-refractivity contribution is 6.74. The van der Waals surface area contributed by atoms with Crippen molar-refractivity contribution in [3.8, 4) is 0 Å². The van der Waals surface area contributed by atoms with Crippen LogP contribution in [-0.4, -0.2) is 69.5 Å². The smallest absolute Gasteiger partial charge is 0.305 e. The zero-order chi connectivity index (χ0) is 24.1. The quantitative estimate of drug-likeness (QED) is 0.315. The molecule has 0 saturated carbocycles. The Balaban J connectivity index is 3.34. The van der Waals surface area contributed by atoms with Crippen LogP contribution < -0.4 is 0 Å². The van der Waals surface area contributed by atoms with E-state index >= 15 is 0 Å². The van der Waals surface area contributed by atoms with Gasteiger partial charge in [0.25, 0.3) is 0 Å². The predicted molar refractivity (Wildman–Crippen MR) is 110 cm³/mol. The van der Waals surface area contributed by atoms with Crippen LogP contribution in [0.3, 0.4) is 0 Å². The lowest BCUT2D eigenvalue weighted by Gasteiger charge is -2.45. The third kappa shape index (κ3) is 7.89. The van der Waals surface area contributed by atoms with E-state index in [1.165, 1.54) is 6.92 Å². The highest BCUT2D eigenvalue weighted by Crippen LogP contribution is 2.37. The minimum atomic E-state index is -2.23. The largest absolute Gasteiger partial charge is 0.456 e. The zero-order valence-electron chi connectivity index (χ0n) is 19.7. The maximum Gasteiger partial charge on any atom is 0.305 e. The molecular formula is C20H34O10Si. The lowest BCUT2D eigenvalue weighted by Crippen LogP contribution is -2.63. The Labute approximate surface area is 183 Å². The molecule has 0 aromatic carbocycles. The molecule has 0 N–H and O–H groups in total. The number of esters is 4. The summed E-state index contributed by atoms with van der Waals surface area (Å²) in [4.78, 5) is 46.9. The molecule has 1 fully saturated rings. The van der Waals surface area contributed by atoms with E-state index in [-0.39, 0.29) is 11.6 Å². The second-order valence-electron chi connectivity index (χ2n) is 8.95. The Hall–Kier alpha value is -1.98. The molecule has 178 valence electrons. The van der Waals surface area contributed by atoms with Crippen LogP contribution in [0.2, 0.25) is 18.1 Å². The van der Waals surface area contributed by atoms with Gasteiger partial charge in [0.05, 0.1) is 6.61 Å². The lowest BCUT2D eigenvalue weighted by molar-refractivity contribution is -0.299. The number of ether oxygens (including phenoxy) is 5. The number of hydrogen-bond acceptors (Lipinski definition) is 10. The fraction of sp³-hybridized carbons (Fsp3) is 0.800. The first-order chi connectivity index (χ1) is 14.0. The summed E-state index contributed by atoms with van der Waals surface area (Å²) < 4.78 is 33.2. The SMILES string of the molecule is CC(=O)OC1[C@H](OC(C)=O)OC(CO[Si](C)(C)C(C)(C)C)[C@H](OC(C)=O)[C@H]1OC(C)=O. The van der Waals surface area contributed by atoms with Crippen LogP contribution in [0.25, 0.3) is 0 Å². The average Bonchev–Trinajstić information content (AvgIpc) is 2.56. The molecule has 1 heterocycles. The standard InChI is InChI=1S/C20H34O10Si/c1-11(21)26-16-15(10-25-31(8,9)20(5,6)7)30-19(29-14(4)24)18(28-13(3)23)17(16)27-12(2)22/h15-19H,10H2,1-9H3/t15?,16-,17+,18?,19+/m0/s1. The summed E-state index contributed by atoms with van der Waals surface area (Å²) in [6.07, 6.45) is -6.08. The van der Waals surface area contributed by atoms with Gasteiger partial charge in [-0.05, 0) is 18.1 Å². The zero-order valence-corrected chi connectivity index (χ0v) is 20.7. The van der Waals surface area contributed by atoms with Crippen molar-refractivity contribution in [1.29, 1.82) is 0 Å². The van der Waals surface area contributed by atoms with Crippen LogP contribution in [0.1, 0.15) is 48.5 Å². The van der Waals surface area contributed by atoms with E-state index in [1.807, 2.05) is 13.1 Å². The highest BCUT2D eigenvalue weighted by Gasteiger charge is 2.54. The molecule has 1 aliphatic rings. The van der Waals surface area contributed by atoms with Gasteiger partial charge < -0.3 is 28.1 Å². The third-order valence-corrected chi connectivity index (χ3v) is 9.69. The van der Waals surface area contributed by atoms with Crippen molar-refractivity contribution in [2.45, 2.75) is 97.3 Å². The Bertz CT molecular complexity index is 684. The van der Waals surface area contributed by atoms with Gasteiger partial charge in [-0.3, -0.25) is 19.2 Å². The van der Waals surface area contributed by atoms with Gasteiger partial charge in [-0.1, -0.05) is 20.8 Å². The van der Waals surface area contributed by atoms with Crippen LogP contribution in [0.15, 0.2) is 0 Å². The molecule has 0 aromatic rings. The summed E-state index contributed by atoms with van der Waals surface area (Å²) >= 11 is 0. The summed E-state index contributed by atoms with van der Waals surface area (Å²) in [5.41, 5.74) is 0. The van der Waals surface area contributed by atoms with Crippen LogP contribution in [-0.2, 0) is 47.3 Å². The topological polar surface area (TPSA) is 124 Å².